The van der Waals surface area contributed by atoms with Crippen LogP contribution >= 0.6 is 11.6 Å². The molecule has 1 atom stereocenters. The number of urea groups is 1. The number of imidazole rings is 1. The molecule has 0 spiro atoms. The number of sulfonamides is 1. The number of hydrogen-bond donors (Lipinski definition) is 3. The van der Waals surface area contributed by atoms with Crippen LogP contribution in [-0.4, -0.2) is 35.7 Å². The number of carbonyl (C=O) groups excluding carboxylic acids is 1. The minimum Gasteiger partial charge on any atom is -0.385 e. The average molecular weight is 595 g/mol. The third-order valence-corrected chi connectivity index (χ3v) is 7.87. The smallest absolute Gasteiger partial charge is 0.385 e. The van der Waals surface area contributed by atoms with E-state index in [0.717, 1.165) is 17.2 Å². The molecule has 4 rings (SSSR count). The number of benzene rings is 3. The molecule has 0 fully saturated rings. The molecule has 0 aliphatic carbocycles. The van der Waals surface area contributed by atoms with Crippen LogP contribution in [0.1, 0.15) is 42.0 Å². The van der Waals surface area contributed by atoms with Crippen molar-refractivity contribution >= 4 is 38.7 Å². The molecule has 13 heteroatoms. The number of nitrogens with one attached hydrogen (secondary N) is 2. The Hall–Kier alpha value is -3.61. The molecule has 0 radical (unpaired) electrons. The van der Waals surface area contributed by atoms with Gasteiger partial charge in [-0.15, -0.1) is 0 Å². The lowest BCUT2D eigenvalue weighted by Crippen LogP contribution is -2.40. The number of fused-ring (bicyclic) bond motifs is 1. The van der Waals surface area contributed by atoms with Crippen molar-refractivity contribution in [1.82, 2.24) is 19.6 Å². The zero-order valence-electron chi connectivity index (χ0n) is 21.5. The maximum absolute atomic E-state index is 13.4. The van der Waals surface area contributed by atoms with Crippen LogP contribution in [0.5, 0.6) is 0 Å². The maximum atomic E-state index is 13.4. The zero-order chi connectivity index (χ0) is 29.2. The first-order chi connectivity index (χ1) is 18.8. The van der Waals surface area contributed by atoms with E-state index in [2.05, 4.69) is 10.3 Å². The maximum Gasteiger partial charge on any atom is 0.417 e. The van der Waals surface area contributed by atoms with Gasteiger partial charge in [0, 0.05) is 12.2 Å². The van der Waals surface area contributed by atoms with Crippen LogP contribution in [0.15, 0.2) is 65.6 Å². The summed E-state index contributed by atoms with van der Waals surface area (Å²) < 4.78 is 68.4. The van der Waals surface area contributed by atoms with Gasteiger partial charge >= 0.3 is 12.2 Å². The van der Waals surface area contributed by atoms with Crippen molar-refractivity contribution in [2.45, 2.75) is 43.9 Å². The van der Waals surface area contributed by atoms with Crippen LogP contribution in [0.3, 0.4) is 0 Å². The minimum absolute atomic E-state index is 0.0284. The van der Waals surface area contributed by atoms with Crippen LogP contribution in [0.2, 0.25) is 5.02 Å². The highest BCUT2D eigenvalue weighted by molar-refractivity contribution is 7.90. The highest BCUT2D eigenvalue weighted by atomic mass is 35.5. The summed E-state index contributed by atoms with van der Waals surface area (Å²) in [4.78, 5) is 16.4. The van der Waals surface area contributed by atoms with E-state index in [0.29, 0.717) is 17.6 Å². The first-order valence-corrected chi connectivity index (χ1v) is 14.1. The molecule has 0 aliphatic heterocycles. The summed E-state index contributed by atoms with van der Waals surface area (Å²) in [5, 5.41) is 12.6. The van der Waals surface area contributed by atoms with E-state index in [-0.39, 0.29) is 29.2 Å². The fraction of sp³-hybridized carbons (Fsp3) is 0.259. The van der Waals surface area contributed by atoms with E-state index < -0.39 is 38.9 Å². The Morgan fingerprint density at radius 2 is 1.75 bits per heavy atom. The highest BCUT2D eigenvalue weighted by Gasteiger charge is 2.34. The second-order valence-electron chi connectivity index (χ2n) is 9.14. The van der Waals surface area contributed by atoms with Crippen molar-refractivity contribution in [3.8, 4) is 5.69 Å². The van der Waals surface area contributed by atoms with Gasteiger partial charge in [-0.05, 0) is 61.7 Å². The fourth-order valence-corrected chi connectivity index (χ4v) is 5.27. The number of aliphatic hydroxyl groups excluding tert-OH is 1. The number of nitrogens with zero attached hydrogens (tertiary/aromatic N) is 2. The highest BCUT2D eigenvalue weighted by Crippen LogP contribution is 2.38. The predicted molar refractivity (Wildman–Crippen MR) is 145 cm³/mol. The van der Waals surface area contributed by atoms with Crippen LogP contribution in [-0.2, 0) is 22.6 Å². The zero-order valence-corrected chi connectivity index (χ0v) is 23.0. The lowest BCUT2D eigenvalue weighted by Gasteiger charge is -2.14. The third kappa shape index (κ3) is 6.40. The Bertz CT molecular complexity index is 1640. The Labute approximate surface area is 233 Å². The molecule has 1 aromatic heterocycles. The molecule has 0 aliphatic rings. The largest absolute Gasteiger partial charge is 0.417 e. The minimum atomic E-state index is -4.66. The molecule has 1 unspecified atom stereocenters. The van der Waals surface area contributed by atoms with Gasteiger partial charge < -0.3 is 10.4 Å². The van der Waals surface area contributed by atoms with E-state index in [4.69, 9.17) is 11.6 Å². The molecule has 4 aromatic rings. The Balaban J connectivity index is 1.49. The second kappa shape index (κ2) is 11.5. The topological polar surface area (TPSA) is 113 Å². The Morgan fingerprint density at radius 1 is 1.10 bits per heavy atom. The van der Waals surface area contributed by atoms with E-state index in [1.165, 1.54) is 18.2 Å². The number of hydrogen-bond acceptors (Lipinski definition) is 5. The van der Waals surface area contributed by atoms with Crippen LogP contribution < -0.4 is 10.0 Å². The molecule has 0 bridgehead atoms. The monoisotopic (exact) mass is 594 g/mol. The van der Waals surface area contributed by atoms with E-state index in [1.54, 1.807) is 47.9 Å². The van der Waals surface area contributed by atoms with Gasteiger partial charge in [-0.2, -0.15) is 13.2 Å². The summed E-state index contributed by atoms with van der Waals surface area (Å²) in [6, 6.07) is 14.2. The first-order valence-electron chi connectivity index (χ1n) is 12.2. The number of rotatable bonds is 8. The molecule has 212 valence electrons. The van der Waals surface area contributed by atoms with Gasteiger partial charge in [0.05, 0.1) is 26.5 Å². The van der Waals surface area contributed by atoms with Crippen LogP contribution in [0, 0.1) is 6.92 Å². The summed E-state index contributed by atoms with van der Waals surface area (Å²) in [6.45, 7) is 3.68. The number of alkyl halides is 3. The Morgan fingerprint density at radius 3 is 2.35 bits per heavy atom. The molecule has 2 amide bonds. The quantitative estimate of drug-likeness (QED) is 0.243. The fourth-order valence-electron chi connectivity index (χ4n) is 4.08. The van der Waals surface area contributed by atoms with Crippen LogP contribution in [0.25, 0.3) is 16.7 Å². The summed E-state index contributed by atoms with van der Waals surface area (Å²) in [5.41, 5.74) is 1.56. The predicted octanol–water partition coefficient (Wildman–Crippen LogP) is 5.68. The molecule has 8 nitrogen and oxygen atoms in total. The summed E-state index contributed by atoms with van der Waals surface area (Å²) >= 11 is 5.96. The van der Waals surface area contributed by atoms with Crippen molar-refractivity contribution in [1.29, 1.82) is 0 Å². The molecule has 0 saturated heterocycles. The molecule has 1 heterocycles. The normalized spacial score (nSPS) is 12.9. The van der Waals surface area contributed by atoms with Crippen LogP contribution in [0.4, 0.5) is 18.0 Å². The molecule has 40 heavy (non-hydrogen) atoms. The lowest BCUT2D eigenvalue weighted by molar-refractivity contribution is -0.137. The molecule has 3 N–H and O–H groups in total. The number of carbonyl (C=O) groups is 1. The van der Waals surface area contributed by atoms with E-state index in [1.807, 2.05) is 11.6 Å². The van der Waals surface area contributed by atoms with Crippen molar-refractivity contribution in [2.75, 3.05) is 6.54 Å². The molecular weight excluding hydrogens is 569 g/mol. The molecule has 3 aromatic carbocycles. The third-order valence-electron chi connectivity index (χ3n) is 6.21. The van der Waals surface area contributed by atoms with Gasteiger partial charge in [0.15, 0.2) is 0 Å². The van der Waals surface area contributed by atoms with E-state index in [9.17, 15) is 31.5 Å². The number of amides is 2. The van der Waals surface area contributed by atoms with Gasteiger partial charge in [0.25, 0.3) is 10.0 Å². The van der Waals surface area contributed by atoms with Crippen molar-refractivity contribution in [3.63, 3.8) is 0 Å². The van der Waals surface area contributed by atoms with Gasteiger partial charge in [-0.25, -0.2) is 22.9 Å². The Kier molecular flexibility index (Phi) is 8.43. The number of aryl methyl sites for hydroxylation is 1. The van der Waals surface area contributed by atoms with Gasteiger partial charge in [0.2, 0.25) is 0 Å². The number of aliphatic hydroxyl groups is 1. The first kappa shape index (κ1) is 29.4. The number of aromatic nitrogens is 2. The van der Waals surface area contributed by atoms with Gasteiger partial charge in [0.1, 0.15) is 11.9 Å². The molecular formula is C27H26ClF3N4O4S. The summed E-state index contributed by atoms with van der Waals surface area (Å²) in [5.74, 6) is 0.175. The van der Waals surface area contributed by atoms with E-state index >= 15 is 0 Å². The summed E-state index contributed by atoms with van der Waals surface area (Å²) in [6.07, 6.45) is -5.03. The second-order valence-corrected chi connectivity index (χ2v) is 11.2. The average Bonchev–Trinajstić information content (AvgIpc) is 3.26. The lowest BCUT2D eigenvalue weighted by atomic mass is 10.1. The summed E-state index contributed by atoms with van der Waals surface area (Å²) in [7, 11) is -4.01. The van der Waals surface area contributed by atoms with Gasteiger partial charge in [-0.3, -0.25) is 4.57 Å². The van der Waals surface area contributed by atoms with Crippen molar-refractivity contribution in [2.24, 2.45) is 0 Å². The van der Waals surface area contributed by atoms with Crippen molar-refractivity contribution < 1.29 is 31.5 Å². The number of halogens is 4. The van der Waals surface area contributed by atoms with Crippen molar-refractivity contribution in [3.05, 3.63) is 88.2 Å². The standard InChI is InChI=1S/C27H26ClF3N4O4S/c1-3-24(36)25-33-22-14-20(27(29,30)31)21(28)15-23(22)35(25)18-8-6-17(7-9-18)12-13-32-26(37)34-40(38,39)19-10-4-16(2)5-11-19/h4-11,14-15,24,36H,3,12-13H2,1-2H3,(H2,32,34,37). The van der Waals surface area contributed by atoms with Gasteiger partial charge in [-0.1, -0.05) is 48.4 Å². The SMILES string of the molecule is CCC(O)c1nc2cc(C(F)(F)F)c(Cl)cc2n1-c1ccc(CCNC(=O)NS(=O)(=O)c2ccc(C)cc2)cc1. The molecule has 0 saturated carbocycles.